The van der Waals surface area contributed by atoms with Gasteiger partial charge in [-0.3, -0.25) is 4.79 Å². The molecule has 0 saturated heterocycles. The number of amides is 1. The van der Waals surface area contributed by atoms with Gasteiger partial charge in [0.2, 0.25) is 0 Å². The summed E-state index contributed by atoms with van der Waals surface area (Å²) in [7, 11) is 0. The van der Waals surface area contributed by atoms with Crippen molar-refractivity contribution in [1.29, 1.82) is 0 Å². The van der Waals surface area contributed by atoms with E-state index < -0.39 is 6.09 Å². The van der Waals surface area contributed by atoms with Gasteiger partial charge in [0, 0.05) is 33.4 Å². The molecule has 0 saturated carbocycles. The van der Waals surface area contributed by atoms with E-state index in [9.17, 15) is 9.59 Å². The predicted molar refractivity (Wildman–Crippen MR) is 144 cm³/mol. The van der Waals surface area contributed by atoms with E-state index in [4.69, 9.17) is 27.9 Å². The van der Waals surface area contributed by atoms with Gasteiger partial charge in [-0.15, -0.1) is 0 Å². The molecule has 36 heavy (non-hydrogen) atoms. The molecule has 4 aromatic carbocycles. The molecule has 0 atom stereocenters. The van der Waals surface area contributed by atoms with Crippen LogP contribution in [0.5, 0.6) is 0 Å². The number of carbonyl (C=O) groups is 2. The Morgan fingerprint density at radius 2 is 1.50 bits per heavy atom. The fourth-order valence-corrected chi connectivity index (χ4v) is 5.95. The highest BCUT2D eigenvalue weighted by molar-refractivity contribution is 7.99. The fraction of sp³-hybridized carbons (Fsp3) is 0.103. The molecule has 0 aliphatic heterocycles. The number of hydrogen-bond acceptors (Lipinski definition) is 4. The number of hydrogen-bond donors (Lipinski definition) is 1. The van der Waals surface area contributed by atoms with Crippen molar-refractivity contribution in [1.82, 2.24) is 5.32 Å². The zero-order valence-electron chi connectivity index (χ0n) is 19.0. The minimum Gasteiger partial charge on any atom is -0.449 e. The average molecular weight is 534 g/mol. The van der Waals surface area contributed by atoms with Crippen LogP contribution in [0, 0.1) is 0 Å². The fourth-order valence-electron chi connectivity index (χ4n) is 4.43. The second-order valence-electron chi connectivity index (χ2n) is 8.27. The zero-order valence-corrected chi connectivity index (χ0v) is 21.4. The van der Waals surface area contributed by atoms with Crippen LogP contribution >= 0.6 is 35.0 Å². The molecular formula is C29H21Cl2NO3S. The molecule has 4 aromatic rings. The van der Waals surface area contributed by atoms with Crippen molar-refractivity contribution in [3.05, 3.63) is 117 Å². The molecule has 0 radical (unpaired) electrons. The van der Waals surface area contributed by atoms with Gasteiger partial charge >= 0.3 is 6.09 Å². The molecule has 1 N–H and O–H groups in total. The molecule has 1 aliphatic carbocycles. The maximum absolute atomic E-state index is 12.7. The second kappa shape index (κ2) is 10.8. The Hall–Kier alpha value is -3.25. The Balaban J connectivity index is 1.29. The third-order valence-electron chi connectivity index (χ3n) is 6.17. The van der Waals surface area contributed by atoms with Crippen molar-refractivity contribution >= 4 is 47.3 Å². The van der Waals surface area contributed by atoms with Gasteiger partial charge in [-0.25, -0.2) is 4.79 Å². The Bertz CT molecular complexity index is 1410. The highest BCUT2D eigenvalue weighted by Crippen LogP contribution is 2.44. The minimum absolute atomic E-state index is 0.0242. The maximum Gasteiger partial charge on any atom is 0.407 e. The number of carbonyl (C=O) groups excluding carboxylic acids is 2. The van der Waals surface area contributed by atoms with E-state index in [1.807, 2.05) is 48.5 Å². The van der Waals surface area contributed by atoms with Gasteiger partial charge in [0.25, 0.3) is 0 Å². The highest BCUT2D eigenvalue weighted by Gasteiger charge is 2.29. The number of benzene rings is 4. The summed E-state index contributed by atoms with van der Waals surface area (Å²) in [5.41, 5.74) is 5.87. The molecule has 1 amide bonds. The summed E-state index contributed by atoms with van der Waals surface area (Å²) < 4.78 is 5.65. The maximum atomic E-state index is 12.7. The molecule has 0 unspecified atom stereocenters. The molecule has 180 valence electrons. The molecule has 0 heterocycles. The largest absolute Gasteiger partial charge is 0.449 e. The second-order valence-corrected chi connectivity index (χ2v) is 10.1. The summed E-state index contributed by atoms with van der Waals surface area (Å²) in [6, 6.07) is 27.2. The molecule has 0 spiro atoms. The van der Waals surface area contributed by atoms with Gasteiger partial charge in [0.05, 0.1) is 10.0 Å². The van der Waals surface area contributed by atoms with Crippen LogP contribution in [0.15, 0.2) is 94.7 Å². The van der Waals surface area contributed by atoms with Gasteiger partial charge in [0.1, 0.15) is 6.61 Å². The summed E-state index contributed by atoms with van der Waals surface area (Å²) in [5, 5.41) is 3.54. The Kier molecular flexibility index (Phi) is 7.33. The Morgan fingerprint density at radius 1 is 0.861 bits per heavy atom. The van der Waals surface area contributed by atoms with Crippen LogP contribution in [-0.2, 0) is 11.3 Å². The van der Waals surface area contributed by atoms with Gasteiger partial charge in [-0.1, -0.05) is 102 Å². The lowest BCUT2D eigenvalue weighted by atomic mass is 9.98. The molecule has 4 nitrogen and oxygen atoms in total. The predicted octanol–water partition coefficient (Wildman–Crippen LogP) is 8.00. The molecular weight excluding hydrogens is 513 g/mol. The van der Waals surface area contributed by atoms with Crippen molar-refractivity contribution in [3.63, 3.8) is 0 Å². The first kappa shape index (κ1) is 24.4. The van der Waals surface area contributed by atoms with Crippen molar-refractivity contribution in [2.24, 2.45) is 0 Å². The van der Waals surface area contributed by atoms with Crippen LogP contribution in [0.25, 0.3) is 11.1 Å². The van der Waals surface area contributed by atoms with Gasteiger partial charge in [-0.05, 0) is 40.5 Å². The Morgan fingerprint density at radius 3 is 2.19 bits per heavy atom. The number of rotatable bonds is 7. The van der Waals surface area contributed by atoms with Crippen LogP contribution in [-0.4, -0.2) is 19.0 Å². The molecule has 7 heteroatoms. The van der Waals surface area contributed by atoms with Crippen molar-refractivity contribution < 1.29 is 14.3 Å². The number of halogens is 2. The quantitative estimate of drug-likeness (QED) is 0.244. The van der Waals surface area contributed by atoms with Gasteiger partial charge < -0.3 is 10.1 Å². The van der Waals surface area contributed by atoms with Gasteiger partial charge in [-0.2, -0.15) is 0 Å². The first-order chi connectivity index (χ1) is 17.6. The van der Waals surface area contributed by atoms with Crippen molar-refractivity contribution in [2.45, 2.75) is 22.3 Å². The van der Waals surface area contributed by atoms with E-state index in [0.29, 0.717) is 21.2 Å². The van der Waals surface area contributed by atoms with Crippen LogP contribution in [0.4, 0.5) is 4.79 Å². The standard InChI is InChI=1S/C29H21Cl2NO3S/c30-25-13-14-27(36-26-12-6-1-7-18(26)16-33)23(28(25)31)15-32-29(34)35-17-24-21-10-4-2-8-19(21)20-9-3-5-11-22(20)24/h1-14,16,24H,15,17H2,(H,32,34). The van der Waals surface area contributed by atoms with Crippen LogP contribution < -0.4 is 5.32 Å². The summed E-state index contributed by atoms with van der Waals surface area (Å²) in [6.07, 6.45) is 0.270. The monoisotopic (exact) mass is 533 g/mol. The van der Waals surface area contributed by atoms with E-state index in [1.165, 1.54) is 22.9 Å². The first-order valence-electron chi connectivity index (χ1n) is 11.3. The number of fused-ring (bicyclic) bond motifs is 3. The normalized spacial score (nSPS) is 12.1. The summed E-state index contributed by atoms with van der Waals surface area (Å²) >= 11 is 14.2. The van der Waals surface area contributed by atoms with Crippen molar-refractivity contribution in [2.75, 3.05) is 6.61 Å². The highest BCUT2D eigenvalue weighted by atomic mass is 35.5. The lowest BCUT2D eigenvalue weighted by molar-refractivity contribution is 0.112. The summed E-state index contributed by atoms with van der Waals surface area (Å²) in [4.78, 5) is 25.7. The SMILES string of the molecule is O=Cc1ccccc1Sc1ccc(Cl)c(Cl)c1CNC(=O)OCC1c2ccccc2-c2ccccc21. The number of nitrogens with one attached hydrogen (secondary N) is 1. The van der Waals surface area contributed by atoms with E-state index >= 15 is 0 Å². The lowest BCUT2D eigenvalue weighted by Crippen LogP contribution is -2.26. The minimum atomic E-state index is -0.544. The van der Waals surface area contributed by atoms with Gasteiger partial charge in [0.15, 0.2) is 6.29 Å². The molecule has 5 rings (SSSR count). The van der Waals surface area contributed by atoms with Crippen LogP contribution in [0.2, 0.25) is 10.0 Å². The van der Waals surface area contributed by atoms with E-state index in [-0.39, 0.29) is 19.1 Å². The average Bonchev–Trinajstić information content (AvgIpc) is 3.23. The number of ether oxygens (including phenoxy) is 1. The van der Waals surface area contributed by atoms with Crippen LogP contribution in [0.1, 0.15) is 33.0 Å². The molecule has 1 aliphatic rings. The topological polar surface area (TPSA) is 55.4 Å². The number of alkyl carbamates (subject to hydrolysis) is 1. The van der Waals surface area contributed by atoms with Crippen molar-refractivity contribution in [3.8, 4) is 11.1 Å². The Labute approximate surface area is 223 Å². The number of aldehydes is 1. The summed E-state index contributed by atoms with van der Waals surface area (Å²) in [5.74, 6) is -0.0242. The van der Waals surface area contributed by atoms with E-state index in [2.05, 4.69) is 29.6 Å². The third kappa shape index (κ3) is 4.87. The molecule has 0 aromatic heterocycles. The van der Waals surface area contributed by atoms with Crippen LogP contribution in [0.3, 0.4) is 0 Å². The smallest absolute Gasteiger partial charge is 0.407 e. The summed E-state index contributed by atoms with van der Waals surface area (Å²) in [6.45, 7) is 0.346. The van der Waals surface area contributed by atoms with E-state index in [0.717, 1.165) is 27.2 Å². The third-order valence-corrected chi connectivity index (χ3v) is 8.21. The molecule has 0 bridgehead atoms. The molecule has 0 fully saturated rings. The zero-order chi connectivity index (χ0) is 25.1. The van der Waals surface area contributed by atoms with E-state index in [1.54, 1.807) is 12.1 Å². The lowest BCUT2D eigenvalue weighted by Gasteiger charge is -2.16. The first-order valence-corrected chi connectivity index (χ1v) is 12.9.